The Bertz CT molecular complexity index is 1890. The van der Waals surface area contributed by atoms with Gasteiger partial charge in [0.05, 0.1) is 45.1 Å². The van der Waals surface area contributed by atoms with Crippen LogP contribution in [0.5, 0.6) is 6.01 Å². The van der Waals surface area contributed by atoms with Crippen LogP contribution in [-0.4, -0.2) is 82.4 Å². The summed E-state index contributed by atoms with van der Waals surface area (Å²) >= 11 is 0. The van der Waals surface area contributed by atoms with Gasteiger partial charge in [-0.05, 0) is 13.8 Å². The summed E-state index contributed by atoms with van der Waals surface area (Å²) in [6, 6.07) is 1.47. The van der Waals surface area contributed by atoms with E-state index >= 15 is 0 Å². The number of hydrogen-bond donors (Lipinski definition) is 2. The van der Waals surface area contributed by atoms with E-state index in [2.05, 4.69) is 50.8 Å². The maximum atomic E-state index is 12.1. The number of nitrogens with two attached hydrogens (primary N) is 2. The zero-order valence-electron chi connectivity index (χ0n) is 25.7. The van der Waals surface area contributed by atoms with Crippen molar-refractivity contribution in [2.45, 2.75) is 13.8 Å². The number of nitrogens with zero attached hydrogens (tertiary/aromatic N) is 14. The number of esters is 2. The van der Waals surface area contributed by atoms with Crippen LogP contribution in [0.25, 0.3) is 11.6 Å². The van der Waals surface area contributed by atoms with Gasteiger partial charge in [0.1, 0.15) is 11.1 Å². The number of aromatic nitrogens is 10. The largest absolute Gasteiger partial charge is 0.467 e. The number of ether oxygens (including phenoxy) is 3. The highest BCUT2D eigenvalue weighted by Crippen LogP contribution is 2.34. The first-order valence-electron chi connectivity index (χ1n) is 13.2. The molecule has 0 aromatic carbocycles. The Morgan fingerprint density at radius 3 is 1.50 bits per heavy atom. The van der Waals surface area contributed by atoms with E-state index in [4.69, 9.17) is 25.7 Å². The summed E-state index contributed by atoms with van der Waals surface area (Å²) in [5, 5.41) is 33.8. The maximum absolute atomic E-state index is 12.1. The first-order valence-corrected chi connectivity index (χ1v) is 13.2. The van der Waals surface area contributed by atoms with Crippen LogP contribution in [0.15, 0.2) is 38.9 Å². The summed E-state index contributed by atoms with van der Waals surface area (Å²) in [6.45, 7) is 3.34. The molecule has 4 N–H and O–H groups in total. The highest BCUT2D eigenvalue weighted by Gasteiger charge is 2.22. The summed E-state index contributed by atoms with van der Waals surface area (Å²) in [7, 11) is 7.09. The summed E-state index contributed by atoms with van der Waals surface area (Å²) in [5.74, 6) is -0.398. The normalized spacial score (nSPS) is 11.5. The number of anilines is 2. The summed E-state index contributed by atoms with van der Waals surface area (Å²) in [4.78, 5) is 32.9. The average Bonchev–Trinajstić information content (AvgIpc) is 3.77. The second-order valence-corrected chi connectivity index (χ2v) is 9.43. The number of azo groups is 2. The van der Waals surface area contributed by atoms with Crippen LogP contribution in [0.3, 0.4) is 0 Å². The predicted molar refractivity (Wildman–Crippen MR) is 159 cm³/mol. The molecular weight excluding hydrogens is 604 g/mol. The van der Waals surface area contributed by atoms with E-state index in [1.807, 2.05) is 0 Å². The van der Waals surface area contributed by atoms with Crippen molar-refractivity contribution in [2.75, 3.05) is 32.8 Å². The van der Waals surface area contributed by atoms with Crippen molar-refractivity contribution in [1.82, 2.24) is 49.1 Å². The van der Waals surface area contributed by atoms with Crippen molar-refractivity contribution in [2.24, 2.45) is 34.6 Å². The molecule has 0 saturated heterocycles. The summed E-state index contributed by atoms with van der Waals surface area (Å²) in [5.41, 5.74) is 14.4. The maximum Gasteiger partial charge on any atom is 0.343 e. The molecule has 0 aliphatic carbocycles. The SMILES string of the molecule is COC(=O)c1cnn(C)c1/N=N/c1c(C)nn(-c2cc(-n3nc(C)c(/N=N/c4c(C(=O)OC)cnn4C)c3N)nc(OC)n2)c1N. The molecule has 0 atom stereocenters. The van der Waals surface area contributed by atoms with Gasteiger partial charge < -0.3 is 25.7 Å². The molecule has 0 spiro atoms. The monoisotopic (exact) mass is 632 g/mol. The third-order valence-electron chi connectivity index (χ3n) is 6.54. The smallest absolute Gasteiger partial charge is 0.343 e. The zero-order chi connectivity index (χ0) is 33.3. The van der Waals surface area contributed by atoms with Gasteiger partial charge in [-0.3, -0.25) is 0 Å². The van der Waals surface area contributed by atoms with Crippen molar-refractivity contribution >= 4 is 46.6 Å². The van der Waals surface area contributed by atoms with E-state index in [0.29, 0.717) is 11.4 Å². The summed E-state index contributed by atoms with van der Waals surface area (Å²) < 4.78 is 20.2. The van der Waals surface area contributed by atoms with Gasteiger partial charge >= 0.3 is 17.9 Å². The van der Waals surface area contributed by atoms with Crippen LogP contribution >= 0.6 is 0 Å². The average molecular weight is 633 g/mol. The van der Waals surface area contributed by atoms with E-state index in [0.717, 1.165) is 0 Å². The highest BCUT2D eigenvalue weighted by molar-refractivity contribution is 5.94. The molecule has 0 saturated carbocycles. The minimum atomic E-state index is -0.622. The lowest BCUT2D eigenvalue weighted by atomic mass is 10.3. The first kappa shape index (κ1) is 30.9. The van der Waals surface area contributed by atoms with Gasteiger partial charge in [0, 0.05) is 20.2 Å². The fourth-order valence-corrected chi connectivity index (χ4v) is 4.18. The van der Waals surface area contributed by atoms with Crippen LogP contribution < -0.4 is 16.2 Å². The number of nitrogen functional groups attached to an aromatic ring is 2. The lowest BCUT2D eigenvalue weighted by molar-refractivity contribution is 0.0592. The van der Waals surface area contributed by atoms with Gasteiger partial charge in [-0.1, -0.05) is 0 Å². The molecule has 0 amide bonds. The van der Waals surface area contributed by atoms with E-state index in [1.165, 1.54) is 58.5 Å². The fourth-order valence-electron chi connectivity index (χ4n) is 4.18. The van der Waals surface area contributed by atoms with Crippen LogP contribution in [0.4, 0.5) is 34.6 Å². The Balaban J connectivity index is 1.53. The number of hydrogen-bond acceptors (Lipinski definition) is 17. The Morgan fingerprint density at radius 2 is 1.13 bits per heavy atom. The third-order valence-corrected chi connectivity index (χ3v) is 6.54. The molecule has 5 aromatic heterocycles. The number of methoxy groups -OCH3 is 3. The van der Waals surface area contributed by atoms with Crippen LogP contribution in [0.2, 0.25) is 0 Å². The predicted octanol–water partition coefficient (Wildman–Crippen LogP) is 2.51. The molecule has 0 fully saturated rings. The van der Waals surface area contributed by atoms with Gasteiger partial charge in [0.25, 0.3) is 0 Å². The van der Waals surface area contributed by atoms with Gasteiger partial charge in [-0.2, -0.15) is 39.7 Å². The van der Waals surface area contributed by atoms with Gasteiger partial charge in [-0.25, -0.2) is 19.0 Å². The molecule has 0 bridgehead atoms. The van der Waals surface area contributed by atoms with Crippen molar-refractivity contribution in [3.8, 4) is 17.6 Å². The van der Waals surface area contributed by atoms with Crippen molar-refractivity contribution in [3.63, 3.8) is 0 Å². The van der Waals surface area contributed by atoms with Crippen LogP contribution in [0, 0.1) is 13.8 Å². The Kier molecular flexibility index (Phi) is 8.21. The van der Waals surface area contributed by atoms with Gasteiger partial charge in [0.15, 0.2) is 46.3 Å². The van der Waals surface area contributed by atoms with E-state index < -0.39 is 11.9 Å². The molecule has 0 aliphatic rings. The lowest BCUT2D eigenvalue weighted by Crippen LogP contribution is -2.10. The van der Waals surface area contributed by atoms with Crippen molar-refractivity contribution in [3.05, 3.63) is 41.0 Å². The minimum Gasteiger partial charge on any atom is -0.467 e. The molecule has 5 heterocycles. The minimum absolute atomic E-state index is 0.0471. The third kappa shape index (κ3) is 5.46. The molecule has 21 heteroatoms. The lowest BCUT2D eigenvalue weighted by Gasteiger charge is -2.09. The Labute approximate surface area is 259 Å². The Hall–Kier alpha value is -6.54. The molecule has 238 valence electrons. The van der Waals surface area contributed by atoms with Gasteiger partial charge in [0.2, 0.25) is 0 Å². The molecule has 0 unspecified atom stereocenters. The molecule has 0 radical (unpaired) electrons. The molecule has 21 nitrogen and oxygen atoms in total. The van der Waals surface area contributed by atoms with Crippen molar-refractivity contribution < 1.29 is 23.8 Å². The second-order valence-electron chi connectivity index (χ2n) is 9.43. The van der Waals surface area contributed by atoms with Crippen molar-refractivity contribution in [1.29, 1.82) is 0 Å². The number of aryl methyl sites for hydroxylation is 4. The molecule has 0 aliphatic heterocycles. The van der Waals surface area contributed by atoms with E-state index in [-0.39, 0.29) is 63.4 Å². The second kappa shape index (κ2) is 12.2. The van der Waals surface area contributed by atoms with Crippen LogP contribution in [-0.2, 0) is 23.6 Å². The van der Waals surface area contributed by atoms with Crippen LogP contribution in [0.1, 0.15) is 32.1 Å². The number of carbonyl (C=O) groups is 2. The number of rotatable bonds is 9. The highest BCUT2D eigenvalue weighted by atomic mass is 16.5. The first-order chi connectivity index (χ1) is 22.0. The zero-order valence-corrected chi connectivity index (χ0v) is 25.7. The Morgan fingerprint density at radius 1 is 0.717 bits per heavy atom. The number of carbonyl (C=O) groups excluding carboxylic acids is 2. The quantitative estimate of drug-likeness (QED) is 0.175. The standard InChI is InChI=1S/C25H28N16O5/c1-11-17(32-34-21-13(23(42)44-5)9-28-38(21)3)19(26)40(36-11)15-8-16(31-25(30-15)46-7)41-20(27)18(12(2)37-41)33-35-22-14(24(43)45-6)10-29-39(22)4/h8-10H,26-27H2,1-7H3/b34-32+,35-33+. The van der Waals surface area contributed by atoms with E-state index in [1.54, 1.807) is 27.9 Å². The summed E-state index contributed by atoms with van der Waals surface area (Å²) in [6.07, 6.45) is 2.64. The fraction of sp³-hybridized carbons (Fsp3) is 0.280. The topological polar surface area (TPSA) is 260 Å². The molecule has 46 heavy (non-hydrogen) atoms. The van der Waals surface area contributed by atoms with Gasteiger partial charge in [-0.15, -0.1) is 20.5 Å². The molecule has 5 rings (SSSR count). The molecular formula is C25H28N16O5. The molecule has 5 aromatic rings. The van der Waals surface area contributed by atoms with E-state index in [9.17, 15) is 9.59 Å².